The Kier molecular flexibility index (Phi) is 6.32. The van der Waals surface area contributed by atoms with Crippen molar-refractivity contribution in [3.63, 3.8) is 0 Å². The summed E-state index contributed by atoms with van der Waals surface area (Å²) >= 11 is 0. The van der Waals surface area contributed by atoms with Crippen molar-refractivity contribution in [1.29, 1.82) is 0 Å². The van der Waals surface area contributed by atoms with Gasteiger partial charge in [-0.1, -0.05) is 25.9 Å². The topological polar surface area (TPSA) is 66.7 Å². The molecule has 2 unspecified atom stereocenters. The third kappa shape index (κ3) is 4.08. The maximum absolute atomic E-state index is 10.9. The molecule has 0 spiro atoms. The maximum Gasteiger partial charge on any atom is 0.122 e. The first kappa shape index (κ1) is 14.2. The third-order valence-electron chi connectivity index (χ3n) is 3.08. The smallest absolute Gasteiger partial charge is 0.122 e. The molecule has 2 atom stereocenters. The van der Waals surface area contributed by atoms with E-state index in [1.165, 1.54) is 0 Å². The van der Waals surface area contributed by atoms with Crippen LogP contribution in [0.5, 0.6) is 0 Å². The number of aliphatic hydroxyl groups is 1. The number of aliphatic hydroxyl groups excluding tert-OH is 1. The van der Waals surface area contributed by atoms with E-state index in [2.05, 4.69) is 5.18 Å². The molecule has 0 radical (unpaired) electrons. The molecule has 0 amide bonds. The molecule has 15 heavy (non-hydrogen) atoms. The van der Waals surface area contributed by atoms with Crippen molar-refractivity contribution in [1.82, 2.24) is 0 Å². The summed E-state index contributed by atoms with van der Waals surface area (Å²) < 4.78 is 0. The lowest BCUT2D eigenvalue weighted by molar-refractivity contribution is -0.109. The first-order chi connectivity index (χ1) is 7.02. The number of hydrogen-bond acceptors (Lipinski definition) is 4. The Labute approximate surface area is 91.0 Å². The minimum atomic E-state index is -0.835. The SMILES string of the molecule is CCC(O)CCC(CC=O)(N=O)C(C)C. The van der Waals surface area contributed by atoms with Gasteiger partial charge >= 0.3 is 0 Å². The largest absolute Gasteiger partial charge is 0.393 e. The molecule has 0 aromatic rings. The Hall–Kier alpha value is -0.770. The van der Waals surface area contributed by atoms with E-state index in [9.17, 15) is 14.8 Å². The van der Waals surface area contributed by atoms with Gasteiger partial charge in [-0.2, -0.15) is 4.91 Å². The summed E-state index contributed by atoms with van der Waals surface area (Å²) in [4.78, 5) is 21.4. The standard InChI is InChI=1S/C11H21NO3/c1-4-10(14)5-6-11(12-15,7-8-13)9(2)3/h8-10,14H,4-7H2,1-3H3. The van der Waals surface area contributed by atoms with Gasteiger partial charge in [-0.25, -0.2) is 0 Å². The van der Waals surface area contributed by atoms with E-state index in [0.29, 0.717) is 19.3 Å². The second-order valence-electron chi connectivity index (χ2n) is 4.32. The zero-order valence-electron chi connectivity index (χ0n) is 9.77. The van der Waals surface area contributed by atoms with Crippen molar-refractivity contribution in [2.75, 3.05) is 0 Å². The van der Waals surface area contributed by atoms with E-state index < -0.39 is 11.6 Å². The Balaban J connectivity index is 4.47. The number of nitroso groups, excluding NO2 is 1. The van der Waals surface area contributed by atoms with Crippen LogP contribution in [0.4, 0.5) is 0 Å². The van der Waals surface area contributed by atoms with E-state index >= 15 is 0 Å². The molecule has 0 aliphatic rings. The quantitative estimate of drug-likeness (QED) is 0.499. The predicted molar refractivity (Wildman–Crippen MR) is 59.6 cm³/mol. The molecule has 1 N–H and O–H groups in total. The summed E-state index contributed by atoms with van der Waals surface area (Å²) in [6, 6.07) is 0. The molecule has 0 rings (SSSR count). The van der Waals surface area contributed by atoms with Crippen LogP contribution in [0.15, 0.2) is 5.18 Å². The molecule has 0 aliphatic heterocycles. The van der Waals surface area contributed by atoms with Crippen molar-refractivity contribution >= 4 is 6.29 Å². The van der Waals surface area contributed by atoms with Crippen molar-refractivity contribution in [2.24, 2.45) is 11.1 Å². The van der Waals surface area contributed by atoms with Gasteiger partial charge < -0.3 is 9.90 Å². The summed E-state index contributed by atoms with van der Waals surface area (Å²) in [6.45, 7) is 5.64. The molecular weight excluding hydrogens is 194 g/mol. The van der Waals surface area contributed by atoms with E-state index in [-0.39, 0.29) is 12.3 Å². The summed E-state index contributed by atoms with van der Waals surface area (Å²) in [5.41, 5.74) is -0.835. The van der Waals surface area contributed by atoms with Gasteiger partial charge in [0.25, 0.3) is 0 Å². The first-order valence-electron chi connectivity index (χ1n) is 5.48. The summed E-state index contributed by atoms with van der Waals surface area (Å²) in [6.07, 6.45) is 2.13. The van der Waals surface area contributed by atoms with Gasteiger partial charge in [0.2, 0.25) is 0 Å². The van der Waals surface area contributed by atoms with E-state index in [4.69, 9.17) is 0 Å². The highest BCUT2D eigenvalue weighted by Crippen LogP contribution is 2.31. The van der Waals surface area contributed by atoms with Crippen LogP contribution in [0.1, 0.15) is 46.5 Å². The van der Waals surface area contributed by atoms with Crippen LogP contribution in [-0.2, 0) is 4.79 Å². The molecule has 0 saturated carbocycles. The minimum absolute atomic E-state index is 0.0178. The first-order valence-corrected chi connectivity index (χ1v) is 5.48. The molecule has 4 heteroatoms. The molecule has 0 aliphatic carbocycles. The fourth-order valence-corrected chi connectivity index (χ4v) is 1.58. The molecule has 4 nitrogen and oxygen atoms in total. The predicted octanol–water partition coefficient (Wildman–Crippen LogP) is 2.29. The highest BCUT2D eigenvalue weighted by Gasteiger charge is 2.35. The number of nitrogens with zero attached hydrogens (tertiary/aromatic N) is 1. The van der Waals surface area contributed by atoms with Gasteiger partial charge in [0.15, 0.2) is 0 Å². The lowest BCUT2D eigenvalue weighted by Gasteiger charge is -2.29. The van der Waals surface area contributed by atoms with Crippen LogP contribution in [0.3, 0.4) is 0 Å². The molecule has 88 valence electrons. The molecule has 0 bridgehead atoms. The average Bonchev–Trinajstić information content (AvgIpc) is 2.23. The van der Waals surface area contributed by atoms with Crippen molar-refractivity contribution in [2.45, 2.75) is 58.1 Å². The number of aldehydes is 1. The van der Waals surface area contributed by atoms with Crippen LogP contribution in [0.2, 0.25) is 0 Å². The van der Waals surface area contributed by atoms with Crippen LogP contribution in [0.25, 0.3) is 0 Å². The number of hydrogen-bond donors (Lipinski definition) is 1. The lowest BCUT2D eigenvalue weighted by Crippen LogP contribution is -2.34. The summed E-state index contributed by atoms with van der Waals surface area (Å²) in [5.74, 6) is 0.0178. The van der Waals surface area contributed by atoms with Crippen LogP contribution in [-0.4, -0.2) is 23.0 Å². The van der Waals surface area contributed by atoms with Crippen LogP contribution >= 0.6 is 0 Å². The number of rotatable bonds is 8. The fraction of sp³-hybridized carbons (Fsp3) is 0.909. The van der Waals surface area contributed by atoms with Crippen molar-refractivity contribution < 1.29 is 9.90 Å². The Morgan fingerprint density at radius 3 is 2.40 bits per heavy atom. The molecular formula is C11H21NO3. The zero-order chi connectivity index (χ0) is 11.9. The van der Waals surface area contributed by atoms with Crippen molar-refractivity contribution in [3.8, 4) is 0 Å². The van der Waals surface area contributed by atoms with Gasteiger partial charge in [-0.3, -0.25) is 0 Å². The zero-order valence-corrected chi connectivity index (χ0v) is 9.77. The Morgan fingerprint density at radius 2 is 2.07 bits per heavy atom. The normalized spacial score (nSPS) is 17.1. The average molecular weight is 215 g/mol. The highest BCUT2D eigenvalue weighted by molar-refractivity contribution is 5.52. The second kappa shape index (κ2) is 6.67. The van der Waals surface area contributed by atoms with Gasteiger partial charge in [0, 0.05) is 6.42 Å². The van der Waals surface area contributed by atoms with Crippen molar-refractivity contribution in [3.05, 3.63) is 4.91 Å². The highest BCUT2D eigenvalue weighted by atomic mass is 16.3. The molecule has 0 fully saturated rings. The Morgan fingerprint density at radius 1 is 1.47 bits per heavy atom. The van der Waals surface area contributed by atoms with E-state index in [1.807, 2.05) is 20.8 Å². The summed E-state index contributed by atoms with van der Waals surface area (Å²) in [5, 5.41) is 12.6. The molecule has 0 saturated heterocycles. The van der Waals surface area contributed by atoms with Gasteiger partial charge in [0.1, 0.15) is 11.8 Å². The van der Waals surface area contributed by atoms with Gasteiger partial charge in [0.05, 0.1) is 6.10 Å². The number of carbonyl (C=O) groups excluding carboxylic acids is 1. The third-order valence-corrected chi connectivity index (χ3v) is 3.08. The second-order valence-corrected chi connectivity index (χ2v) is 4.32. The Bertz CT molecular complexity index is 206. The molecule has 0 aromatic heterocycles. The number of carbonyl (C=O) groups is 1. The van der Waals surface area contributed by atoms with Gasteiger partial charge in [-0.15, -0.1) is 0 Å². The molecule has 0 aromatic carbocycles. The minimum Gasteiger partial charge on any atom is -0.393 e. The maximum atomic E-state index is 10.9. The van der Waals surface area contributed by atoms with Crippen LogP contribution in [0, 0.1) is 10.8 Å². The van der Waals surface area contributed by atoms with Crippen LogP contribution < -0.4 is 0 Å². The summed E-state index contributed by atoms with van der Waals surface area (Å²) in [7, 11) is 0. The fourth-order valence-electron chi connectivity index (χ4n) is 1.58. The lowest BCUT2D eigenvalue weighted by atomic mass is 9.80. The van der Waals surface area contributed by atoms with E-state index in [0.717, 1.165) is 6.29 Å². The van der Waals surface area contributed by atoms with Gasteiger partial charge in [-0.05, 0) is 25.2 Å². The molecule has 0 heterocycles. The monoisotopic (exact) mass is 215 g/mol. The van der Waals surface area contributed by atoms with E-state index in [1.54, 1.807) is 0 Å².